The van der Waals surface area contributed by atoms with Crippen LogP contribution in [0.15, 0.2) is 22.7 Å². The topological polar surface area (TPSA) is 23.8 Å². The zero-order valence-corrected chi connectivity index (χ0v) is 12.8. The highest BCUT2D eigenvalue weighted by Crippen LogP contribution is 2.43. The third kappa shape index (κ3) is 3.36. The van der Waals surface area contributed by atoms with Crippen molar-refractivity contribution in [3.63, 3.8) is 0 Å². The summed E-state index contributed by atoms with van der Waals surface area (Å²) in [5, 5.41) is 9.62. The average molecular weight is 324 g/mol. The van der Waals surface area contributed by atoms with E-state index in [4.69, 9.17) is 0 Å². The zero-order valence-electron chi connectivity index (χ0n) is 11.3. The Hall–Kier alpha value is -0.880. The Bertz CT molecular complexity index is 494. The molecule has 2 rings (SSSR count). The van der Waals surface area contributed by atoms with Gasteiger partial charge < -0.3 is 0 Å². The Morgan fingerprint density at radius 2 is 2.32 bits per heavy atom. The van der Waals surface area contributed by atoms with E-state index in [9.17, 15) is 9.65 Å². The van der Waals surface area contributed by atoms with Crippen molar-refractivity contribution in [1.82, 2.24) is 0 Å². The Morgan fingerprint density at radius 1 is 1.53 bits per heavy atom. The first kappa shape index (κ1) is 14.5. The van der Waals surface area contributed by atoms with E-state index in [-0.39, 0.29) is 11.2 Å². The number of hydrogen-bond acceptors (Lipinski definition) is 1. The van der Waals surface area contributed by atoms with Crippen LogP contribution >= 0.6 is 15.9 Å². The third-order valence-electron chi connectivity index (χ3n) is 4.31. The lowest BCUT2D eigenvalue weighted by Gasteiger charge is -2.35. The van der Waals surface area contributed by atoms with Gasteiger partial charge in [-0.1, -0.05) is 48.2 Å². The Morgan fingerprint density at radius 3 is 2.95 bits per heavy atom. The SMILES string of the molecule is CCC1CCCC(C#N)(Cc2ccc(F)cc2Br)C1. The van der Waals surface area contributed by atoms with Gasteiger partial charge in [0, 0.05) is 4.47 Å². The first-order valence-electron chi connectivity index (χ1n) is 6.94. The molecule has 1 aromatic carbocycles. The summed E-state index contributed by atoms with van der Waals surface area (Å²) in [5.41, 5.74) is 0.777. The van der Waals surface area contributed by atoms with Gasteiger partial charge in [0.1, 0.15) is 5.82 Å². The van der Waals surface area contributed by atoms with Crippen LogP contribution in [0.4, 0.5) is 4.39 Å². The Labute approximate surface area is 123 Å². The van der Waals surface area contributed by atoms with Crippen LogP contribution < -0.4 is 0 Å². The molecule has 1 fully saturated rings. The molecule has 1 aliphatic carbocycles. The van der Waals surface area contributed by atoms with Gasteiger partial charge in [-0.05, 0) is 42.9 Å². The van der Waals surface area contributed by atoms with Gasteiger partial charge in [0.25, 0.3) is 0 Å². The van der Waals surface area contributed by atoms with E-state index in [1.54, 1.807) is 6.07 Å². The molecule has 3 heteroatoms. The normalized spacial score (nSPS) is 26.9. The largest absolute Gasteiger partial charge is 0.207 e. The average Bonchev–Trinajstić information content (AvgIpc) is 2.42. The second-order valence-corrected chi connectivity index (χ2v) is 6.53. The van der Waals surface area contributed by atoms with Crippen LogP contribution in [-0.4, -0.2) is 0 Å². The van der Waals surface area contributed by atoms with Crippen molar-refractivity contribution in [2.75, 3.05) is 0 Å². The highest BCUT2D eigenvalue weighted by atomic mass is 79.9. The molecule has 0 heterocycles. The first-order valence-corrected chi connectivity index (χ1v) is 7.73. The van der Waals surface area contributed by atoms with Gasteiger partial charge in [-0.15, -0.1) is 0 Å². The monoisotopic (exact) mass is 323 g/mol. The van der Waals surface area contributed by atoms with Gasteiger partial charge in [-0.3, -0.25) is 0 Å². The summed E-state index contributed by atoms with van der Waals surface area (Å²) in [4.78, 5) is 0. The number of benzene rings is 1. The van der Waals surface area contributed by atoms with Crippen molar-refractivity contribution in [2.24, 2.45) is 11.3 Å². The van der Waals surface area contributed by atoms with Crippen LogP contribution in [-0.2, 0) is 6.42 Å². The van der Waals surface area contributed by atoms with E-state index in [1.165, 1.54) is 18.6 Å². The molecule has 1 saturated carbocycles. The fourth-order valence-corrected chi connectivity index (χ4v) is 3.66. The quantitative estimate of drug-likeness (QED) is 0.746. The molecule has 2 unspecified atom stereocenters. The summed E-state index contributed by atoms with van der Waals surface area (Å²) in [7, 11) is 0. The van der Waals surface area contributed by atoms with E-state index in [2.05, 4.69) is 28.9 Å². The molecule has 0 spiro atoms. The van der Waals surface area contributed by atoms with Crippen LogP contribution in [0.2, 0.25) is 0 Å². The van der Waals surface area contributed by atoms with E-state index < -0.39 is 0 Å². The maximum atomic E-state index is 13.1. The highest BCUT2D eigenvalue weighted by molar-refractivity contribution is 9.10. The molecule has 0 aliphatic heterocycles. The lowest BCUT2D eigenvalue weighted by Crippen LogP contribution is -2.29. The van der Waals surface area contributed by atoms with Crippen molar-refractivity contribution < 1.29 is 4.39 Å². The molecule has 1 aliphatic rings. The molecule has 0 saturated heterocycles. The van der Waals surface area contributed by atoms with Gasteiger partial charge in [0.05, 0.1) is 11.5 Å². The van der Waals surface area contributed by atoms with Crippen LogP contribution in [0.5, 0.6) is 0 Å². The lowest BCUT2D eigenvalue weighted by molar-refractivity contribution is 0.194. The van der Waals surface area contributed by atoms with Gasteiger partial charge in [-0.2, -0.15) is 5.26 Å². The minimum absolute atomic E-state index is 0.239. The maximum absolute atomic E-state index is 13.1. The van der Waals surface area contributed by atoms with Gasteiger partial charge in [-0.25, -0.2) is 4.39 Å². The van der Waals surface area contributed by atoms with Crippen LogP contribution in [0.25, 0.3) is 0 Å². The fourth-order valence-electron chi connectivity index (χ4n) is 3.17. The molecule has 2 atom stereocenters. The molecule has 1 nitrogen and oxygen atoms in total. The predicted molar refractivity (Wildman–Crippen MR) is 78.1 cm³/mol. The zero-order chi connectivity index (χ0) is 13.9. The third-order valence-corrected chi connectivity index (χ3v) is 5.04. The molecular formula is C16H19BrFN. The summed E-state index contributed by atoms with van der Waals surface area (Å²) in [6.45, 7) is 2.20. The minimum Gasteiger partial charge on any atom is -0.207 e. The van der Waals surface area contributed by atoms with Crippen molar-refractivity contribution in [3.8, 4) is 6.07 Å². The lowest BCUT2D eigenvalue weighted by atomic mass is 9.67. The standard InChI is InChI=1S/C16H19BrFN/c1-2-12-4-3-7-16(9-12,11-19)10-13-5-6-14(18)8-15(13)17/h5-6,8,12H,2-4,7,9-10H2,1H3. The van der Waals surface area contributed by atoms with Crippen molar-refractivity contribution in [3.05, 3.63) is 34.1 Å². The predicted octanol–water partition coefficient (Wildman–Crippen LogP) is 5.24. The molecule has 0 radical (unpaired) electrons. The molecular weight excluding hydrogens is 305 g/mol. The maximum Gasteiger partial charge on any atom is 0.124 e. The first-order chi connectivity index (χ1) is 9.08. The summed E-state index contributed by atoms with van der Waals surface area (Å²) in [5.74, 6) is 0.421. The van der Waals surface area contributed by atoms with Crippen LogP contribution in [0, 0.1) is 28.5 Å². The van der Waals surface area contributed by atoms with E-state index in [0.29, 0.717) is 5.92 Å². The summed E-state index contributed by atoms with van der Waals surface area (Å²) in [6, 6.07) is 7.32. The summed E-state index contributed by atoms with van der Waals surface area (Å²) < 4.78 is 13.9. The van der Waals surface area contributed by atoms with E-state index in [1.807, 2.05) is 0 Å². The number of nitrogens with zero attached hydrogens (tertiary/aromatic N) is 1. The van der Waals surface area contributed by atoms with Gasteiger partial charge >= 0.3 is 0 Å². The van der Waals surface area contributed by atoms with Crippen molar-refractivity contribution in [2.45, 2.75) is 45.4 Å². The number of halogens is 2. The van der Waals surface area contributed by atoms with Crippen LogP contribution in [0.3, 0.4) is 0 Å². The van der Waals surface area contributed by atoms with Gasteiger partial charge in [0.2, 0.25) is 0 Å². The minimum atomic E-state index is -0.265. The number of hydrogen-bond donors (Lipinski definition) is 0. The Kier molecular flexibility index (Phi) is 4.62. The number of nitriles is 1. The molecule has 0 aromatic heterocycles. The molecule has 0 bridgehead atoms. The van der Waals surface area contributed by atoms with Crippen LogP contribution in [0.1, 0.15) is 44.6 Å². The van der Waals surface area contributed by atoms with E-state index in [0.717, 1.165) is 42.1 Å². The number of rotatable bonds is 3. The highest BCUT2D eigenvalue weighted by Gasteiger charge is 2.36. The fraction of sp³-hybridized carbons (Fsp3) is 0.562. The molecule has 19 heavy (non-hydrogen) atoms. The summed E-state index contributed by atoms with van der Waals surface area (Å²) >= 11 is 3.41. The smallest absolute Gasteiger partial charge is 0.124 e. The van der Waals surface area contributed by atoms with Gasteiger partial charge in [0.15, 0.2) is 0 Å². The second kappa shape index (κ2) is 6.05. The molecule has 0 amide bonds. The summed E-state index contributed by atoms with van der Waals surface area (Å²) in [6.07, 6.45) is 6.18. The molecule has 102 valence electrons. The van der Waals surface area contributed by atoms with E-state index >= 15 is 0 Å². The van der Waals surface area contributed by atoms with Crippen molar-refractivity contribution in [1.29, 1.82) is 5.26 Å². The molecule has 1 aromatic rings. The van der Waals surface area contributed by atoms with Crippen molar-refractivity contribution >= 4 is 15.9 Å². The molecule has 0 N–H and O–H groups in total. The Balaban J connectivity index is 2.21. The second-order valence-electron chi connectivity index (χ2n) is 5.68.